The van der Waals surface area contributed by atoms with Crippen LogP contribution >= 0.6 is 0 Å². The van der Waals surface area contributed by atoms with Crippen LogP contribution in [0.5, 0.6) is 0 Å². The molecule has 0 aliphatic carbocycles. The van der Waals surface area contributed by atoms with Gasteiger partial charge in [0.15, 0.2) is 0 Å². The molecule has 25 heavy (non-hydrogen) atoms. The van der Waals surface area contributed by atoms with Gasteiger partial charge in [0, 0.05) is 30.4 Å². The van der Waals surface area contributed by atoms with E-state index in [9.17, 15) is 9.59 Å². The van der Waals surface area contributed by atoms with E-state index in [-0.39, 0.29) is 18.4 Å². The summed E-state index contributed by atoms with van der Waals surface area (Å²) in [6, 6.07) is 14.8. The van der Waals surface area contributed by atoms with Crippen LogP contribution in [0.4, 0.5) is 0 Å². The van der Waals surface area contributed by atoms with Crippen molar-refractivity contribution in [3.8, 4) is 0 Å². The summed E-state index contributed by atoms with van der Waals surface area (Å²) >= 11 is 0. The lowest BCUT2D eigenvalue weighted by Gasteiger charge is -2.06. The highest BCUT2D eigenvalue weighted by Gasteiger charge is 2.08. The third-order valence-corrected chi connectivity index (χ3v) is 3.89. The van der Waals surface area contributed by atoms with E-state index in [1.165, 1.54) is 0 Å². The number of aromatic nitrogens is 2. The minimum Gasteiger partial charge on any atom is -0.354 e. The Morgan fingerprint density at radius 1 is 1.04 bits per heavy atom. The van der Waals surface area contributed by atoms with Gasteiger partial charge in [-0.2, -0.15) is 0 Å². The summed E-state index contributed by atoms with van der Waals surface area (Å²) in [7, 11) is 0. The van der Waals surface area contributed by atoms with Gasteiger partial charge in [0.25, 0.3) is 5.91 Å². The van der Waals surface area contributed by atoms with Crippen LogP contribution in [0, 0.1) is 6.92 Å². The molecule has 0 saturated carbocycles. The van der Waals surface area contributed by atoms with Crippen LogP contribution in [0.2, 0.25) is 0 Å². The van der Waals surface area contributed by atoms with Crippen LogP contribution in [0.15, 0.2) is 54.7 Å². The number of amides is 2. The predicted octanol–water partition coefficient (Wildman–Crippen LogP) is 1.73. The molecule has 128 valence electrons. The van der Waals surface area contributed by atoms with Gasteiger partial charge in [0.05, 0.1) is 12.2 Å². The standard InChI is InChI=1S/C19H20N4O2/c1-14-6-5-9-17-22-16(13-23(14)17)10-11-20-18(24)12-21-19(25)15-7-3-2-4-8-15/h2-9,13H,10-12H2,1H3,(H,20,24)(H,21,25). The average molecular weight is 336 g/mol. The van der Waals surface area contributed by atoms with E-state index in [0.29, 0.717) is 18.5 Å². The molecule has 0 spiro atoms. The molecule has 3 aromatic rings. The normalized spacial score (nSPS) is 10.6. The van der Waals surface area contributed by atoms with Gasteiger partial charge < -0.3 is 15.0 Å². The Balaban J connectivity index is 1.44. The van der Waals surface area contributed by atoms with Crippen LogP contribution < -0.4 is 10.6 Å². The minimum absolute atomic E-state index is 0.0436. The van der Waals surface area contributed by atoms with Crippen molar-refractivity contribution in [3.63, 3.8) is 0 Å². The number of aryl methyl sites for hydroxylation is 1. The summed E-state index contributed by atoms with van der Waals surface area (Å²) in [5, 5.41) is 5.40. The Labute approximate surface area is 145 Å². The highest BCUT2D eigenvalue weighted by Crippen LogP contribution is 2.08. The second-order valence-corrected chi connectivity index (χ2v) is 5.78. The zero-order valence-electron chi connectivity index (χ0n) is 14.0. The van der Waals surface area contributed by atoms with Gasteiger partial charge in [0.1, 0.15) is 5.65 Å². The van der Waals surface area contributed by atoms with Crippen molar-refractivity contribution in [1.29, 1.82) is 0 Å². The fourth-order valence-electron chi connectivity index (χ4n) is 2.56. The molecule has 6 nitrogen and oxygen atoms in total. The van der Waals surface area contributed by atoms with E-state index in [2.05, 4.69) is 15.6 Å². The molecule has 0 unspecified atom stereocenters. The number of fused-ring (bicyclic) bond motifs is 1. The first kappa shape index (κ1) is 16.7. The molecule has 1 aromatic carbocycles. The Bertz CT molecular complexity index is 887. The van der Waals surface area contributed by atoms with Crippen LogP contribution in [0.25, 0.3) is 5.65 Å². The van der Waals surface area contributed by atoms with E-state index >= 15 is 0 Å². The van der Waals surface area contributed by atoms with Crippen LogP contribution in [-0.2, 0) is 11.2 Å². The number of hydrogen-bond donors (Lipinski definition) is 2. The summed E-state index contributed by atoms with van der Waals surface area (Å²) in [4.78, 5) is 28.2. The molecule has 0 fully saturated rings. The largest absolute Gasteiger partial charge is 0.354 e. The lowest BCUT2D eigenvalue weighted by molar-refractivity contribution is -0.120. The molecule has 0 bridgehead atoms. The fourth-order valence-corrected chi connectivity index (χ4v) is 2.56. The Morgan fingerprint density at radius 3 is 2.60 bits per heavy atom. The fraction of sp³-hybridized carbons (Fsp3) is 0.211. The highest BCUT2D eigenvalue weighted by atomic mass is 16.2. The van der Waals surface area contributed by atoms with Crippen molar-refractivity contribution in [2.75, 3.05) is 13.1 Å². The second-order valence-electron chi connectivity index (χ2n) is 5.78. The van der Waals surface area contributed by atoms with Gasteiger partial charge in [-0.1, -0.05) is 24.3 Å². The molecule has 2 heterocycles. The van der Waals surface area contributed by atoms with E-state index in [0.717, 1.165) is 17.0 Å². The molecule has 3 rings (SSSR count). The molecule has 0 saturated heterocycles. The number of benzene rings is 1. The molecular formula is C19H20N4O2. The number of carbonyl (C=O) groups excluding carboxylic acids is 2. The monoisotopic (exact) mass is 336 g/mol. The molecule has 2 aromatic heterocycles. The van der Waals surface area contributed by atoms with Gasteiger partial charge in [-0.25, -0.2) is 4.98 Å². The number of pyridine rings is 1. The Morgan fingerprint density at radius 2 is 1.84 bits per heavy atom. The van der Waals surface area contributed by atoms with Gasteiger partial charge in [0.2, 0.25) is 5.91 Å². The number of rotatable bonds is 6. The zero-order valence-corrected chi connectivity index (χ0v) is 14.0. The van der Waals surface area contributed by atoms with E-state index < -0.39 is 0 Å². The topological polar surface area (TPSA) is 75.5 Å². The summed E-state index contributed by atoms with van der Waals surface area (Å²) in [5.41, 5.74) is 3.47. The van der Waals surface area contributed by atoms with Crippen molar-refractivity contribution in [2.24, 2.45) is 0 Å². The Kier molecular flexibility index (Phi) is 5.09. The maximum Gasteiger partial charge on any atom is 0.251 e. The molecule has 0 radical (unpaired) electrons. The third-order valence-electron chi connectivity index (χ3n) is 3.89. The SMILES string of the molecule is Cc1cccc2nc(CCNC(=O)CNC(=O)c3ccccc3)cn12. The second kappa shape index (κ2) is 7.61. The summed E-state index contributed by atoms with van der Waals surface area (Å²) < 4.78 is 2.03. The number of nitrogens with one attached hydrogen (secondary N) is 2. The summed E-state index contributed by atoms with van der Waals surface area (Å²) in [6.07, 6.45) is 2.62. The van der Waals surface area contributed by atoms with E-state index in [1.807, 2.05) is 41.8 Å². The minimum atomic E-state index is -0.258. The molecule has 2 N–H and O–H groups in total. The number of imidazole rings is 1. The van der Waals surface area contributed by atoms with Crippen molar-refractivity contribution in [3.05, 3.63) is 71.7 Å². The third kappa shape index (κ3) is 4.23. The Hall–Kier alpha value is -3.15. The first-order valence-electron chi connectivity index (χ1n) is 8.17. The summed E-state index contributed by atoms with van der Waals surface area (Å²) in [5.74, 6) is -0.476. The molecule has 0 aliphatic rings. The van der Waals surface area contributed by atoms with Gasteiger partial charge in [-0.3, -0.25) is 9.59 Å². The van der Waals surface area contributed by atoms with Gasteiger partial charge in [-0.05, 0) is 31.2 Å². The first-order chi connectivity index (χ1) is 12.1. The molecular weight excluding hydrogens is 316 g/mol. The predicted molar refractivity (Wildman–Crippen MR) is 95.4 cm³/mol. The van der Waals surface area contributed by atoms with Gasteiger partial charge in [-0.15, -0.1) is 0 Å². The van der Waals surface area contributed by atoms with Gasteiger partial charge >= 0.3 is 0 Å². The molecule has 0 aliphatic heterocycles. The zero-order chi connectivity index (χ0) is 17.6. The first-order valence-corrected chi connectivity index (χ1v) is 8.17. The average Bonchev–Trinajstić information content (AvgIpc) is 3.05. The number of hydrogen-bond acceptors (Lipinski definition) is 3. The van der Waals surface area contributed by atoms with E-state index in [1.54, 1.807) is 24.3 Å². The number of carbonyl (C=O) groups is 2. The number of nitrogens with zero attached hydrogens (tertiary/aromatic N) is 2. The van der Waals surface area contributed by atoms with Crippen molar-refractivity contribution in [1.82, 2.24) is 20.0 Å². The molecule has 6 heteroatoms. The lowest BCUT2D eigenvalue weighted by atomic mass is 10.2. The van der Waals surface area contributed by atoms with Crippen molar-refractivity contribution < 1.29 is 9.59 Å². The van der Waals surface area contributed by atoms with Crippen LogP contribution in [0.3, 0.4) is 0 Å². The van der Waals surface area contributed by atoms with Crippen molar-refractivity contribution >= 4 is 17.5 Å². The lowest BCUT2D eigenvalue weighted by Crippen LogP contribution is -2.37. The quantitative estimate of drug-likeness (QED) is 0.720. The maximum atomic E-state index is 11.9. The highest BCUT2D eigenvalue weighted by molar-refractivity contribution is 5.96. The maximum absolute atomic E-state index is 11.9. The van der Waals surface area contributed by atoms with Crippen molar-refractivity contribution in [2.45, 2.75) is 13.3 Å². The molecule has 0 atom stereocenters. The van der Waals surface area contributed by atoms with Crippen LogP contribution in [0.1, 0.15) is 21.7 Å². The van der Waals surface area contributed by atoms with E-state index in [4.69, 9.17) is 0 Å². The van der Waals surface area contributed by atoms with Crippen LogP contribution in [-0.4, -0.2) is 34.3 Å². The smallest absolute Gasteiger partial charge is 0.251 e. The molecule has 2 amide bonds. The summed E-state index contributed by atoms with van der Waals surface area (Å²) in [6.45, 7) is 2.45.